The van der Waals surface area contributed by atoms with Gasteiger partial charge in [-0.1, -0.05) is 19.6 Å². The van der Waals surface area contributed by atoms with E-state index in [9.17, 15) is 0 Å². The van der Waals surface area contributed by atoms with Gasteiger partial charge in [0.25, 0.3) is 0 Å². The monoisotopic (exact) mass is 595 g/mol. The fourth-order valence-electron chi connectivity index (χ4n) is 3.49. The summed E-state index contributed by atoms with van der Waals surface area (Å²) >= 11 is 1.42. The van der Waals surface area contributed by atoms with Crippen LogP contribution in [-0.4, -0.2) is 93.3 Å². The van der Waals surface area contributed by atoms with E-state index in [1.54, 1.807) is 14.2 Å². The summed E-state index contributed by atoms with van der Waals surface area (Å²) in [5.41, 5.74) is 7.54. The summed E-state index contributed by atoms with van der Waals surface area (Å²) < 4.78 is 14.1. The summed E-state index contributed by atoms with van der Waals surface area (Å²) in [6.07, 6.45) is 1.82. The third kappa shape index (κ3) is 11.2. The highest BCUT2D eigenvalue weighted by Gasteiger charge is 2.12. The summed E-state index contributed by atoms with van der Waals surface area (Å²) in [5, 5.41) is 6.67. The molecule has 0 atom stereocenters. The number of nitrogens with zero attached hydrogens (tertiary/aromatic N) is 5. The minimum Gasteiger partial charge on any atom is -0.497 e. The summed E-state index contributed by atoms with van der Waals surface area (Å²) in [4.78, 5) is 19.2. The predicted molar refractivity (Wildman–Crippen MR) is 177 cm³/mol. The molecule has 5 N–H and O–H groups in total. The van der Waals surface area contributed by atoms with Crippen molar-refractivity contribution in [1.29, 1.82) is 0 Å². The van der Waals surface area contributed by atoms with Gasteiger partial charge in [0.2, 0.25) is 0 Å². The van der Waals surface area contributed by atoms with E-state index in [1.807, 2.05) is 89.0 Å². The number of likely N-dealkylation sites (N-methyl/N-ethyl adjacent to an activating group) is 2. The third-order valence-corrected chi connectivity index (χ3v) is 6.40. The number of anilines is 4. The first-order valence-electron chi connectivity index (χ1n) is 13.2. The SMILES string of the molecule is C.CN(C)CCN.COc1cc(Nc2nc3ccccc3nc2NSc2ccc(NCCN(C)C)nc2)cc(OC)c1. The molecule has 11 nitrogen and oxygen atoms in total. The molecule has 2 aromatic carbocycles. The van der Waals surface area contributed by atoms with E-state index < -0.39 is 0 Å². The summed E-state index contributed by atoms with van der Waals surface area (Å²) in [7, 11) is 11.3. The molecule has 4 aromatic rings. The second-order valence-corrected chi connectivity index (χ2v) is 10.4. The zero-order valence-corrected chi connectivity index (χ0v) is 25.5. The van der Waals surface area contributed by atoms with Crippen LogP contribution in [-0.2, 0) is 0 Å². The average molecular weight is 596 g/mol. The maximum Gasteiger partial charge on any atom is 0.180 e. The van der Waals surface area contributed by atoms with Crippen LogP contribution >= 0.6 is 11.9 Å². The minimum absolute atomic E-state index is 0. The Bertz CT molecular complexity index is 1330. The Balaban J connectivity index is 0.000000798. The Hall–Kier alpha value is -3.84. The number of fused-ring (bicyclic) bond motifs is 1. The highest BCUT2D eigenvalue weighted by molar-refractivity contribution is 8.00. The molecule has 12 heteroatoms. The Morgan fingerprint density at radius 1 is 0.833 bits per heavy atom. The molecule has 0 amide bonds. The summed E-state index contributed by atoms with van der Waals surface area (Å²) in [6.45, 7) is 3.52. The summed E-state index contributed by atoms with van der Waals surface area (Å²) in [6, 6.07) is 17.3. The van der Waals surface area contributed by atoms with Crippen LogP contribution in [0.1, 0.15) is 7.43 Å². The number of para-hydroxylation sites is 2. The van der Waals surface area contributed by atoms with Gasteiger partial charge in [-0.25, -0.2) is 15.0 Å². The van der Waals surface area contributed by atoms with E-state index in [0.717, 1.165) is 53.6 Å². The van der Waals surface area contributed by atoms with Crippen molar-refractivity contribution in [2.24, 2.45) is 5.73 Å². The quantitative estimate of drug-likeness (QED) is 0.155. The second kappa shape index (κ2) is 17.9. The van der Waals surface area contributed by atoms with Crippen molar-refractivity contribution in [2.75, 3.05) is 83.9 Å². The van der Waals surface area contributed by atoms with Crippen molar-refractivity contribution in [1.82, 2.24) is 24.8 Å². The molecule has 2 aromatic heterocycles. The van der Waals surface area contributed by atoms with Crippen molar-refractivity contribution >= 4 is 46.1 Å². The number of hydrogen-bond acceptors (Lipinski definition) is 12. The third-order valence-electron chi connectivity index (χ3n) is 5.63. The average Bonchev–Trinajstić information content (AvgIpc) is 2.96. The lowest BCUT2D eigenvalue weighted by atomic mass is 10.2. The molecule has 0 unspecified atom stereocenters. The van der Waals surface area contributed by atoms with Crippen molar-refractivity contribution < 1.29 is 9.47 Å². The molecule has 0 bridgehead atoms. The molecule has 0 aliphatic carbocycles. The Labute approximate surface area is 254 Å². The minimum atomic E-state index is 0. The van der Waals surface area contributed by atoms with Gasteiger partial charge < -0.3 is 40.4 Å². The lowest BCUT2D eigenvalue weighted by Gasteiger charge is -2.14. The molecule has 0 saturated heterocycles. The number of methoxy groups -OCH3 is 2. The van der Waals surface area contributed by atoms with Gasteiger partial charge in [-0.2, -0.15) is 0 Å². The first-order valence-corrected chi connectivity index (χ1v) is 14.0. The Morgan fingerprint density at radius 2 is 1.45 bits per heavy atom. The molecule has 228 valence electrons. The van der Waals surface area contributed by atoms with Crippen molar-refractivity contribution in [2.45, 2.75) is 12.3 Å². The lowest BCUT2D eigenvalue weighted by Crippen LogP contribution is -2.21. The van der Waals surface area contributed by atoms with Crippen LogP contribution < -0.4 is 30.6 Å². The second-order valence-electron chi connectivity index (χ2n) is 9.54. The van der Waals surface area contributed by atoms with E-state index >= 15 is 0 Å². The fraction of sp³-hybridized carbons (Fsp3) is 0.367. The van der Waals surface area contributed by atoms with Gasteiger partial charge in [0.15, 0.2) is 11.6 Å². The van der Waals surface area contributed by atoms with E-state index in [2.05, 4.69) is 30.1 Å². The van der Waals surface area contributed by atoms with Gasteiger partial charge in [-0.15, -0.1) is 0 Å². The predicted octanol–water partition coefficient (Wildman–Crippen LogP) is 5.02. The van der Waals surface area contributed by atoms with Gasteiger partial charge in [0.1, 0.15) is 17.3 Å². The largest absolute Gasteiger partial charge is 0.497 e. The van der Waals surface area contributed by atoms with E-state index in [1.165, 1.54) is 11.9 Å². The van der Waals surface area contributed by atoms with Crippen LogP contribution in [0.4, 0.5) is 23.1 Å². The van der Waals surface area contributed by atoms with Crippen LogP contribution in [0.25, 0.3) is 11.0 Å². The molecule has 4 rings (SSSR count). The number of aromatic nitrogens is 3. The number of hydrogen-bond donors (Lipinski definition) is 4. The highest BCUT2D eigenvalue weighted by atomic mass is 32.2. The smallest absolute Gasteiger partial charge is 0.180 e. The molecule has 0 aliphatic rings. The molecule has 0 aliphatic heterocycles. The molecule has 2 heterocycles. The van der Waals surface area contributed by atoms with Crippen LogP contribution in [0.5, 0.6) is 11.5 Å². The molecular formula is C30H45N9O2S. The summed E-state index contributed by atoms with van der Waals surface area (Å²) in [5.74, 6) is 3.38. The standard InChI is InChI=1S/C25H29N7O2S.C4H12N2.CH4/c1-32(2)12-11-26-23-10-9-20(16-27-23)35-31-25-24(29-21-7-5-6-8-22(21)30-25)28-17-13-18(33-3)15-19(14-17)34-4;1-6(2)4-3-5;/h5-10,13-16H,11-12H2,1-4H3,(H,26,27)(H,28,29)(H,30,31);3-5H2,1-2H3;1H4. The van der Waals surface area contributed by atoms with Gasteiger partial charge in [-0.05, 0) is 64.4 Å². The Kier molecular flexibility index (Phi) is 14.6. The lowest BCUT2D eigenvalue weighted by molar-refractivity contribution is 0.395. The van der Waals surface area contributed by atoms with Gasteiger partial charge >= 0.3 is 0 Å². The number of rotatable bonds is 13. The fourth-order valence-corrected chi connectivity index (χ4v) is 4.09. The van der Waals surface area contributed by atoms with Crippen molar-refractivity contribution in [3.05, 3.63) is 60.8 Å². The van der Waals surface area contributed by atoms with E-state index in [0.29, 0.717) is 23.1 Å². The van der Waals surface area contributed by atoms with E-state index in [4.69, 9.17) is 25.2 Å². The van der Waals surface area contributed by atoms with Crippen molar-refractivity contribution in [3.8, 4) is 11.5 Å². The molecule has 0 saturated carbocycles. The zero-order valence-electron chi connectivity index (χ0n) is 24.6. The normalized spacial score (nSPS) is 10.5. The number of nitrogens with two attached hydrogens (primary N) is 1. The molecule has 0 radical (unpaired) electrons. The van der Waals surface area contributed by atoms with Crippen LogP contribution in [0, 0.1) is 0 Å². The molecule has 42 heavy (non-hydrogen) atoms. The highest BCUT2D eigenvalue weighted by Crippen LogP contribution is 2.32. The van der Waals surface area contributed by atoms with Crippen LogP contribution in [0.15, 0.2) is 65.7 Å². The van der Waals surface area contributed by atoms with Crippen LogP contribution in [0.2, 0.25) is 0 Å². The molecule has 0 spiro atoms. The van der Waals surface area contributed by atoms with Gasteiger partial charge in [0.05, 0.1) is 25.3 Å². The van der Waals surface area contributed by atoms with Crippen LogP contribution in [0.3, 0.4) is 0 Å². The first-order chi connectivity index (χ1) is 19.8. The molecular weight excluding hydrogens is 550 g/mol. The number of benzene rings is 2. The Morgan fingerprint density at radius 3 is 1.95 bits per heavy atom. The van der Waals surface area contributed by atoms with Crippen molar-refractivity contribution in [3.63, 3.8) is 0 Å². The zero-order chi connectivity index (χ0) is 29.6. The van der Waals surface area contributed by atoms with E-state index in [-0.39, 0.29) is 7.43 Å². The van der Waals surface area contributed by atoms with Gasteiger partial charge in [0, 0.05) is 61.2 Å². The number of pyridine rings is 1. The maximum atomic E-state index is 5.40. The molecule has 0 fully saturated rings. The number of nitrogens with one attached hydrogen (secondary N) is 3. The number of ether oxygens (including phenoxy) is 2. The maximum absolute atomic E-state index is 5.40. The topological polar surface area (TPSA) is 126 Å². The van der Waals surface area contributed by atoms with Gasteiger partial charge in [-0.3, -0.25) is 0 Å². The first kappa shape index (κ1) is 34.4.